The van der Waals surface area contributed by atoms with Crippen LogP contribution in [0.1, 0.15) is 51.0 Å². The highest BCUT2D eigenvalue weighted by Gasteiger charge is 2.08. The number of methoxy groups -OCH3 is 1. The molecule has 0 aromatic heterocycles. The van der Waals surface area contributed by atoms with Crippen molar-refractivity contribution in [2.45, 2.75) is 45.4 Å². The van der Waals surface area contributed by atoms with Gasteiger partial charge in [-0.15, -0.1) is 0 Å². The van der Waals surface area contributed by atoms with Crippen LogP contribution in [0.25, 0.3) is 0 Å². The summed E-state index contributed by atoms with van der Waals surface area (Å²) >= 11 is 0. The van der Waals surface area contributed by atoms with E-state index in [2.05, 4.69) is 43.4 Å². The summed E-state index contributed by atoms with van der Waals surface area (Å²) < 4.78 is 11.0. The van der Waals surface area contributed by atoms with Crippen molar-refractivity contribution in [2.75, 3.05) is 33.4 Å². The van der Waals surface area contributed by atoms with Gasteiger partial charge in [-0.05, 0) is 56.3 Å². The second-order valence-electron chi connectivity index (χ2n) is 5.50. The summed E-state index contributed by atoms with van der Waals surface area (Å²) in [5, 5.41) is 3.42. The van der Waals surface area contributed by atoms with Gasteiger partial charge in [-0.2, -0.15) is 0 Å². The Morgan fingerprint density at radius 3 is 2.57 bits per heavy atom. The van der Waals surface area contributed by atoms with Gasteiger partial charge < -0.3 is 14.8 Å². The topological polar surface area (TPSA) is 30.5 Å². The maximum absolute atomic E-state index is 5.96. The lowest BCUT2D eigenvalue weighted by atomic mass is 9.98. The Kier molecular flexibility index (Phi) is 9.92. The van der Waals surface area contributed by atoms with Crippen molar-refractivity contribution in [1.82, 2.24) is 5.32 Å². The van der Waals surface area contributed by atoms with Gasteiger partial charge in [-0.3, -0.25) is 0 Å². The molecule has 1 aromatic carbocycles. The van der Waals surface area contributed by atoms with Gasteiger partial charge in [0.2, 0.25) is 0 Å². The molecule has 0 aliphatic heterocycles. The van der Waals surface area contributed by atoms with E-state index in [9.17, 15) is 0 Å². The minimum absolute atomic E-state index is 0.559. The Balaban J connectivity index is 2.15. The molecule has 1 rings (SSSR count). The number of unbranched alkanes of at least 4 members (excludes halogenated alkanes) is 1. The van der Waals surface area contributed by atoms with Gasteiger partial charge in [0.25, 0.3) is 0 Å². The smallest absolute Gasteiger partial charge is 0.122 e. The summed E-state index contributed by atoms with van der Waals surface area (Å²) in [6.45, 7) is 8.20. The van der Waals surface area contributed by atoms with E-state index in [0.717, 1.165) is 57.7 Å². The summed E-state index contributed by atoms with van der Waals surface area (Å²) in [4.78, 5) is 0. The van der Waals surface area contributed by atoms with Crippen molar-refractivity contribution >= 4 is 0 Å². The molecule has 0 unspecified atom stereocenters. The Labute approximate surface area is 130 Å². The van der Waals surface area contributed by atoms with E-state index in [1.165, 1.54) is 5.56 Å². The van der Waals surface area contributed by atoms with E-state index in [1.54, 1.807) is 7.11 Å². The lowest BCUT2D eigenvalue weighted by molar-refractivity contribution is 0.194. The standard InChI is InChI=1S/C18H31NO2/c1-4-16(2)17-10-5-6-11-18(17)21-15-8-7-12-19-13-9-14-20-3/h5-6,10-11,16,19H,4,7-9,12-15H2,1-3H3/t16-/m1/s1. The lowest BCUT2D eigenvalue weighted by Crippen LogP contribution is -2.18. The molecule has 0 aliphatic rings. The number of ether oxygens (including phenoxy) is 2. The Hall–Kier alpha value is -1.06. The highest BCUT2D eigenvalue weighted by Crippen LogP contribution is 2.28. The molecule has 3 heteroatoms. The van der Waals surface area contributed by atoms with Crippen molar-refractivity contribution in [1.29, 1.82) is 0 Å². The number of nitrogens with one attached hydrogen (secondary N) is 1. The maximum atomic E-state index is 5.96. The van der Waals surface area contributed by atoms with Crippen LogP contribution in [-0.4, -0.2) is 33.4 Å². The van der Waals surface area contributed by atoms with Crippen molar-refractivity contribution in [2.24, 2.45) is 0 Å². The second-order valence-corrected chi connectivity index (χ2v) is 5.50. The predicted octanol–water partition coefficient (Wildman–Crippen LogP) is 3.99. The van der Waals surface area contributed by atoms with E-state index < -0.39 is 0 Å². The van der Waals surface area contributed by atoms with Crippen LogP contribution < -0.4 is 10.1 Å². The van der Waals surface area contributed by atoms with E-state index in [1.807, 2.05) is 0 Å². The summed E-state index contributed by atoms with van der Waals surface area (Å²) in [5.41, 5.74) is 1.33. The molecule has 0 amide bonds. The van der Waals surface area contributed by atoms with Crippen LogP contribution in [0.3, 0.4) is 0 Å². The van der Waals surface area contributed by atoms with Gasteiger partial charge in [0, 0.05) is 13.7 Å². The first-order valence-electron chi connectivity index (χ1n) is 8.21. The predicted molar refractivity (Wildman–Crippen MR) is 89.2 cm³/mol. The third kappa shape index (κ3) is 7.49. The average molecular weight is 293 g/mol. The first-order chi connectivity index (χ1) is 10.3. The van der Waals surface area contributed by atoms with Crippen LogP contribution in [0, 0.1) is 0 Å². The molecule has 120 valence electrons. The number of benzene rings is 1. The van der Waals surface area contributed by atoms with E-state index in [-0.39, 0.29) is 0 Å². The molecule has 0 spiro atoms. The van der Waals surface area contributed by atoms with Crippen LogP contribution in [0.15, 0.2) is 24.3 Å². The fraction of sp³-hybridized carbons (Fsp3) is 0.667. The van der Waals surface area contributed by atoms with Crippen molar-refractivity contribution in [3.05, 3.63) is 29.8 Å². The van der Waals surface area contributed by atoms with E-state index in [4.69, 9.17) is 9.47 Å². The van der Waals surface area contributed by atoms with Crippen molar-refractivity contribution in [3.8, 4) is 5.75 Å². The molecule has 21 heavy (non-hydrogen) atoms. The SMILES string of the molecule is CC[C@@H](C)c1ccccc1OCCCCNCCCOC. The molecule has 0 heterocycles. The summed E-state index contributed by atoms with van der Waals surface area (Å²) in [7, 11) is 1.74. The van der Waals surface area contributed by atoms with Crippen LogP contribution >= 0.6 is 0 Å². The maximum Gasteiger partial charge on any atom is 0.122 e. The number of para-hydroxylation sites is 1. The first-order valence-corrected chi connectivity index (χ1v) is 8.21. The zero-order valence-corrected chi connectivity index (χ0v) is 13.9. The van der Waals surface area contributed by atoms with Gasteiger partial charge >= 0.3 is 0 Å². The summed E-state index contributed by atoms with van der Waals surface area (Å²) in [6.07, 6.45) is 4.46. The molecular weight excluding hydrogens is 262 g/mol. The monoisotopic (exact) mass is 293 g/mol. The van der Waals surface area contributed by atoms with Crippen LogP contribution in [0.5, 0.6) is 5.75 Å². The van der Waals surface area contributed by atoms with E-state index >= 15 is 0 Å². The molecule has 1 atom stereocenters. The van der Waals surface area contributed by atoms with Crippen LogP contribution in [0.2, 0.25) is 0 Å². The minimum Gasteiger partial charge on any atom is -0.493 e. The van der Waals surface area contributed by atoms with E-state index in [0.29, 0.717) is 5.92 Å². The molecule has 0 radical (unpaired) electrons. The number of rotatable bonds is 12. The fourth-order valence-electron chi connectivity index (χ4n) is 2.24. The molecule has 0 fully saturated rings. The molecule has 1 N–H and O–H groups in total. The van der Waals surface area contributed by atoms with Gasteiger partial charge in [0.05, 0.1) is 6.61 Å². The molecular formula is C18H31NO2. The number of hydrogen-bond donors (Lipinski definition) is 1. The number of hydrogen-bond acceptors (Lipinski definition) is 3. The fourth-order valence-corrected chi connectivity index (χ4v) is 2.24. The van der Waals surface area contributed by atoms with Gasteiger partial charge in [0.15, 0.2) is 0 Å². The minimum atomic E-state index is 0.559. The molecule has 0 bridgehead atoms. The summed E-state index contributed by atoms with van der Waals surface area (Å²) in [6, 6.07) is 8.42. The van der Waals surface area contributed by atoms with Gasteiger partial charge in [-0.25, -0.2) is 0 Å². The molecule has 0 aliphatic carbocycles. The van der Waals surface area contributed by atoms with Crippen molar-refractivity contribution < 1.29 is 9.47 Å². The third-order valence-electron chi connectivity index (χ3n) is 3.77. The zero-order valence-electron chi connectivity index (χ0n) is 13.9. The third-order valence-corrected chi connectivity index (χ3v) is 3.77. The van der Waals surface area contributed by atoms with Crippen LogP contribution in [-0.2, 0) is 4.74 Å². The Bertz CT molecular complexity index is 368. The first kappa shape index (κ1) is 18.0. The molecule has 3 nitrogen and oxygen atoms in total. The summed E-state index contributed by atoms with van der Waals surface area (Å²) in [5.74, 6) is 1.61. The lowest BCUT2D eigenvalue weighted by Gasteiger charge is -2.15. The largest absolute Gasteiger partial charge is 0.493 e. The Morgan fingerprint density at radius 1 is 1.05 bits per heavy atom. The second kappa shape index (κ2) is 11.6. The highest BCUT2D eigenvalue weighted by atomic mass is 16.5. The average Bonchev–Trinajstić information content (AvgIpc) is 2.53. The van der Waals surface area contributed by atoms with Crippen LogP contribution in [0.4, 0.5) is 0 Å². The van der Waals surface area contributed by atoms with Gasteiger partial charge in [-0.1, -0.05) is 32.0 Å². The highest BCUT2D eigenvalue weighted by molar-refractivity contribution is 5.35. The molecule has 0 saturated heterocycles. The van der Waals surface area contributed by atoms with Gasteiger partial charge in [0.1, 0.15) is 5.75 Å². The normalized spacial score (nSPS) is 12.3. The quantitative estimate of drug-likeness (QED) is 0.591. The Morgan fingerprint density at radius 2 is 1.81 bits per heavy atom. The van der Waals surface area contributed by atoms with Crippen molar-refractivity contribution in [3.63, 3.8) is 0 Å². The molecule has 1 aromatic rings. The molecule has 0 saturated carbocycles. The zero-order chi connectivity index (χ0) is 15.3.